The fourth-order valence-electron chi connectivity index (χ4n) is 0.981. The Labute approximate surface area is 89.9 Å². The van der Waals surface area contributed by atoms with Gasteiger partial charge in [0, 0.05) is 17.3 Å². The first kappa shape index (κ1) is 11.2. The Kier molecular flexibility index (Phi) is 3.69. The van der Waals surface area contributed by atoms with Gasteiger partial charge in [0.1, 0.15) is 5.15 Å². The SMILES string of the molecule is CCC(C)Nc1nc(C)c(C)c(Cl)n1. The van der Waals surface area contributed by atoms with E-state index in [-0.39, 0.29) is 0 Å². The Morgan fingerprint density at radius 1 is 1.36 bits per heavy atom. The molecule has 1 N–H and O–H groups in total. The van der Waals surface area contributed by atoms with Crippen molar-refractivity contribution in [2.75, 3.05) is 5.32 Å². The third kappa shape index (κ3) is 2.58. The average molecular weight is 214 g/mol. The number of halogens is 1. The average Bonchev–Trinajstić information content (AvgIpc) is 2.14. The largest absolute Gasteiger partial charge is 0.352 e. The number of anilines is 1. The van der Waals surface area contributed by atoms with Crippen molar-refractivity contribution in [2.45, 2.75) is 40.2 Å². The number of hydrogen-bond donors (Lipinski definition) is 1. The van der Waals surface area contributed by atoms with Gasteiger partial charge in [-0.05, 0) is 27.2 Å². The molecule has 1 aromatic rings. The molecule has 0 aliphatic heterocycles. The molecule has 0 saturated carbocycles. The summed E-state index contributed by atoms with van der Waals surface area (Å²) in [5.41, 5.74) is 1.87. The molecule has 0 spiro atoms. The molecule has 1 aromatic heterocycles. The molecule has 78 valence electrons. The standard InChI is InChI=1S/C10H16ClN3/c1-5-6(2)12-10-13-8(4)7(3)9(11)14-10/h6H,5H2,1-4H3,(H,12,13,14). The van der Waals surface area contributed by atoms with Crippen LogP contribution in [-0.4, -0.2) is 16.0 Å². The van der Waals surface area contributed by atoms with Gasteiger partial charge in [0.25, 0.3) is 0 Å². The lowest BCUT2D eigenvalue weighted by Gasteiger charge is -2.12. The number of nitrogens with zero attached hydrogens (tertiary/aromatic N) is 2. The number of rotatable bonds is 3. The van der Waals surface area contributed by atoms with Crippen molar-refractivity contribution in [1.82, 2.24) is 9.97 Å². The summed E-state index contributed by atoms with van der Waals surface area (Å²) >= 11 is 5.95. The summed E-state index contributed by atoms with van der Waals surface area (Å²) < 4.78 is 0. The third-order valence-corrected chi connectivity index (χ3v) is 2.69. The molecule has 4 heteroatoms. The monoisotopic (exact) mass is 213 g/mol. The van der Waals surface area contributed by atoms with Crippen LogP contribution < -0.4 is 5.32 Å². The predicted octanol–water partition coefficient (Wildman–Crippen LogP) is 2.96. The number of hydrogen-bond acceptors (Lipinski definition) is 3. The molecule has 1 atom stereocenters. The van der Waals surface area contributed by atoms with Gasteiger partial charge in [-0.2, -0.15) is 0 Å². The van der Waals surface area contributed by atoms with E-state index in [1.54, 1.807) is 0 Å². The van der Waals surface area contributed by atoms with Crippen molar-refractivity contribution >= 4 is 17.5 Å². The Hall–Kier alpha value is -0.830. The van der Waals surface area contributed by atoms with Crippen LogP contribution in [0.25, 0.3) is 0 Å². The van der Waals surface area contributed by atoms with E-state index in [1.807, 2.05) is 13.8 Å². The van der Waals surface area contributed by atoms with Crippen LogP contribution in [0.1, 0.15) is 31.5 Å². The first-order chi connectivity index (χ1) is 6.54. The zero-order valence-electron chi connectivity index (χ0n) is 9.06. The summed E-state index contributed by atoms with van der Waals surface area (Å²) in [6.07, 6.45) is 1.04. The highest BCUT2D eigenvalue weighted by molar-refractivity contribution is 6.30. The highest BCUT2D eigenvalue weighted by atomic mass is 35.5. The molecule has 0 bridgehead atoms. The Morgan fingerprint density at radius 3 is 2.50 bits per heavy atom. The van der Waals surface area contributed by atoms with Crippen molar-refractivity contribution < 1.29 is 0 Å². The first-order valence-electron chi connectivity index (χ1n) is 4.81. The number of aromatic nitrogens is 2. The van der Waals surface area contributed by atoms with Gasteiger partial charge in [0.05, 0.1) is 0 Å². The minimum atomic E-state index is 0.369. The van der Waals surface area contributed by atoms with Gasteiger partial charge in [-0.1, -0.05) is 18.5 Å². The van der Waals surface area contributed by atoms with Gasteiger partial charge in [-0.3, -0.25) is 0 Å². The minimum Gasteiger partial charge on any atom is -0.352 e. The van der Waals surface area contributed by atoms with Crippen molar-refractivity contribution in [3.8, 4) is 0 Å². The molecule has 14 heavy (non-hydrogen) atoms. The fourth-order valence-corrected chi connectivity index (χ4v) is 1.20. The van der Waals surface area contributed by atoms with E-state index in [1.165, 1.54) is 0 Å². The van der Waals surface area contributed by atoms with Crippen LogP contribution in [0.5, 0.6) is 0 Å². The van der Waals surface area contributed by atoms with Crippen molar-refractivity contribution in [2.24, 2.45) is 0 Å². The highest BCUT2D eigenvalue weighted by Crippen LogP contribution is 2.17. The van der Waals surface area contributed by atoms with Crippen LogP contribution in [0.4, 0.5) is 5.95 Å². The lowest BCUT2D eigenvalue weighted by atomic mass is 10.2. The van der Waals surface area contributed by atoms with E-state index >= 15 is 0 Å². The summed E-state index contributed by atoms with van der Waals surface area (Å²) in [4.78, 5) is 8.48. The second-order valence-corrected chi connectivity index (χ2v) is 3.86. The van der Waals surface area contributed by atoms with E-state index in [9.17, 15) is 0 Å². The van der Waals surface area contributed by atoms with E-state index in [0.29, 0.717) is 17.1 Å². The molecule has 1 unspecified atom stereocenters. The van der Waals surface area contributed by atoms with Crippen LogP contribution in [-0.2, 0) is 0 Å². The third-order valence-electron chi connectivity index (χ3n) is 2.32. The van der Waals surface area contributed by atoms with Gasteiger partial charge in [0.15, 0.2) is 0 Å². The van der Waals surface area contributed by atoms with Crippen LogP contribution in [0.2, 0.25) is 5.15 Å². The van der Waals surface area contributed by atoms with E-state index in [0.717, 1.165) is 17.7 Å². The van der Waals surface area contributed by atoms with Crippen molar-refractivity contribution in [3.05, 3.63) is 16.4 Å². The molecule has 0 saturated heterocycles. The zero-order valence-corrected chi connectivity index (χ0v) is 9.81. The maximum Gasteiger partial charge on any atom is 0.224 e. The second kappa shape index (κ2) is 4.60. The zero-order chi connectivity index (χ0) is 10.7. The Balaban J connectivity index is 2.89. The highest BCUT2D eigenvalue weighted by Gasteiger charge is 2.07. The number of aryl methyl sites for hydroxylation is 1. The summed E-state index contributed by atoms with van der Waals surface area (Å²) in [5.74, 6) is 0.618. The normalized spacial score (nSPS) is 12.6. The maximum absolute atomic E-state index is 5.95. The molecule has 1 rings (SSSR count). The van der Waals surface area contributed by atoms with Crippen LogP contribution in [0, 0.1) is 13.8 Å². The van der Waals surface area contributed by atoms with E-state index < -0.39 is 0 Å². The fraction of sp³-hybridized carbons (Fsp3) is 0.600. The van der Waals surface area contributed by atoms with Crippen LogP contribution in [0.15, 0.2) is 0 Å². The van der Waals surface area contributed by atoms with Gasteiger partial charge in [-0.25, -0.2) is 9.97 Å². The quantitative estimate of drug-likeness (QED) is 0.785. The van der Waals surface area contributed by atoms with Crippen LogP contribution >= 0.6 is 11.6 Å². The van der Waals surface area contributed by atoms with Gasteiger partial charge in [0.2, 0.25) is 5.95 Å². The molecular weight excluding hydrogens is 198 g/mol. The molecule has 3 nitrogen and oxygen atoms in total. The van der Waals surface area contributed by atoms with Crippen molar-refractivity contribution in [3.63, 3.8) is 0 Å². The molecule has 0 amide bonds. The summed E-state index contributed by atoms with van der Waals surface area (Å²) in [5, 5.41) is 3.72. The lowest BCUT2D eigenvalue weighted by molar-refractivity contribution is 0.751. The Morgan fingerprint density at radius 2 is 2.00 bits per heavy atom. The van der Waals surface area contributed by atoms with Crippen LogP contribution in [0.3, 0.4) is 0 Å². The second-order valence-electron chi connectivity index (χ2n) is 3.50. The predicted molar refractivity (Wildman–Crippen MR) is 59.9 cm³/mol. The molecule has 0 aliphatic rings. The maximum atomic E-state index is 5.95. The minimum absolute atomic E-state index is 0.369. The summed E-state index contributed by atoms with van der Waals surface area (Å²) in [6.45, 7) is 8.06. The molecule has 0 aromatic carbocycles. The molecule has 0 fully saturated rings. The van der Waals surface area contributed by atoms with Gasteiger partial charge >= 0.3 is 0 Å². The molecule has 1 heterocycles. The summed E-state index contributed by atoms with van der Waals surface area (Å²) in [6, 6.07) is 0.369. The molecule has 0 radical (unpaired) electrons. The smallest absolute Gasteiger partial charge is 0.224 e. The lowest BCUT2D eigenvalue weighted by Crippen LogP contribution is -2.16. The molecule has 0 aliphatic carbocycles. The summed E-state index contributed by atoms with van der Waals surface area (Å²) in [7, 11) is 0. The Bertz CT molecular complexity index is 302. The van der Waals surface area contributed by atoms with Gasteiger partial charge < -0.3 is 5.32 Å². The van der Waals surface area contributed by atoms with E-state index in [4.69, 9.17) is 11.6 Å². The van der Waals surface area contributed by atoms with Gasteiger partial charge in [-0.15, -0.1) is 0 Å². The topological polar surface area (TPSA) is 37.8 Å². The van der Waals surface area contributed by atoms with E-state index in [2.05, 4.69) is 29.1 Å². The van der Waals surface area contributed by atoms with Crippen molar-refractivity contribution in [1.29, 1.82) is 0 Å². The number of nitrogens with one attached hydrogen (secondary N) is 1. The first-order valence-corrected chi connectivity index (χ1v) is 5.19. The molecular formula is C10H16ClN3.